The van der Waals surface area contributed by atoms with Crippen LogP contribution in [0.3, 0.4) is 0 Å². The molecule has 0 saturated carbocycles. The molecular formula is C13H16ClF3N2O. The second kappa shape index (κ2) is 6.45. The lowest BCUT2D eigenvalue weighted by molar-refractivity contribution is 0.0733. The minimum Gasteiger partial charge on any atom is -0.335 e. The molecule has 0 aromatic heterocycles. The fourth-order valence-corrected chi connectivity index (χ4v) is 2.49. The molecule has 0 bridgehead atoms. The van der Waals surface area contributed by atoms with Gasteiger partial charge in [0.05, 0.1) is 0 Å². The molecule has 0 radical (unpaired) electrons. The Hall–Kier alpha value is -1.27. The van der Waals surface area contributed by atoms with Crippen molar-refractivity contribution in [2.75, 3.05) is 13.1 Å². The topological polar surface area (TPSA) is 46.3 Å². The van der Waals surface area contributed by atoms with Gasteiger partial charge in [-0.3, -0.25) is 4.79 Å². The molecule has 1 aliphatic heterocycles. The molecule has 112 valence electrons. The highest BCUT2D eigenvalue weighted by Crippen LogP contribution is 2.26. The number of hydrogen-bond acceptors (Lipinski definition) is 2. The van der Waals surface area contributed by atoms with Gasteiger partial charge < -0.3 is 10.6 Å². The third kappa shape index (κ3) is 3.07. The van der Waals surface area contributed by atoms with Gasteiger partial charge in [0.1, 0.15) is 23.0 Å². The van der Waals surface area contributed by atoms with Crippen LogP contribution in [0, 0.1) is 23.4 Å². The molecular weight excluding hydrogens is 293 g/mol. The number of nitrogens with two attached hydrogens (primary N) is 1. The van der Waals surface area contributed by atoms with Crippen molar-refractivity contribution >= 4 is 18.3 Å². The SMILES string of the molecule is CC1CC(CN)CN1C(=O)c1c(F)cc(F)cc1F.Cl. The number of halogens is 4. The summed E-state index contributed by atoms with van der Waals surface area (Å²) in [5, 5.41) is 0. The van der Waals surface area contributed by atoms with Gasteiger partial charge in [-0.2, -0.15) is 0 Å². The number of benzene rings is 1. The molecule has 1 amide bonds. The van der Waals surface area contributed by atoms with Crippen molar-refractivity contribution in [1.29, 1.82) is 0 Å². The van der Waals surface area contributed by atoms with Crippen molar-refractivity contribution in [1.82, 2.24) is 4.90 Å². The van der Waals surface area contributed by atoms with Crippen LogP contribution in [0.25, 0.3) is 0 Å². The number of likely N-dealkylation sites (tertiary alicyclic amines) is 1. The second-order valence-electron chi connectivity index (χ2n) is 4.89. The average molecular weight is 309 g/mol. The highest BCUT2D eigenvalue weighted by Gasteiger charge is 2.34. The van der Waals surface area contributed by atoms with E-state index in [1.54, 1.807) is 6.92 Å². The Balaban J connectivity index is 0.00000200. The Morgan fingerprint density at radius 3 is 2.35 bits per heavy atom. The van der Waals surface area contributed by atoms with E-state index in [2.05, 4.69) is 0 Å². The first-order valence-corrected chi connectivity index (χ1v) is 6.09. The van der Waals surface area contributed by atoms with E-state index in [0.717, 1.165) is 0 Å². The van der Waals surface area contributed by atoms with Crippen molar-refractivity contribution in [2.24, 2.45) is 11.7 Å². The molecule has 1 aromatic rings. The van der Waals surface area contributed by atoms with Crippen molar-refractivity contribution in [3.8, 4) is 0 Å². The van der Waals surface area contributed by atoms with Crippen molar-refractivity contribution < 1.29 is 18.0 Å². The second-order valence-corrected chi connectivity index (χ2v) is 4.89. The molecule has 7 heteroatoms. The molecule has 2 N–H and O–H groups in total. The highest BCUT2D eigenvalue weighted by atomic mass is 35.5. The predicted octanol–water partition coefficient (Wildman–Crippen LogP) is 2.34. The molecule has 0 aliphatic carbocycles. The van der Waals surface area contributed by atoms with Crippen molar-refractivity contribution in [3.05, 3.63) is 35.1 Å². The third-order valence-corrected chi connectivity index (χ3v) is 3.48. The Kier molecular flexibility index (Phi) is 5.42. The zero-order chi connectivity index (χ0) is 14.2. The van der Waals surface area contributed by atoms with Gasteiger partial charge >= 0.3 is 0 Å². The number of carbonyl (C=O) groups excluding carboxylic acids is 1. The molecule has 2 atom stereocenters. The molecule has 1 aromatic carbocycles. The zero-order valence-electron chi connectivity index (χ0n) is 10.9. The first kappa shape index (κ1) is 16.8. The van der Waals surface area contributed by atoms with Crippen molar-refractivity contribution in [2.45, 2.75) is 19.4 Å². The third-order valence-electron chi connectivity index (χ3n) is 3.48. The van der Waals surface area contributed by atoms with E-state index in [1.165, 1.54) is 4.90 Å². The van der Waals surface area contributed by atoms with E-state index in [0.29, 0.717) is 31.6 Å². The van der Waals surface area contributed by atoms with Gasteiger partial charge in [-0.15, -0.1) is 12.4 Å². The van der Waals surface area contributed by atoms with Gasteiger partial charge in [0.25, 0.3) is 5.91 Å². The summed E-state index contributed by atoms with van der Waals surface area (Å²) in [5.41, 5.74) is 4.84. The van der Waals surface area contributed by atoms with E-state index in [-0.39, 0.29) is 24.4 Å². The molecule has 2 unspecified atom stereocenters. The van der Waals surface area contributed by atoms with Crippen LogP contribution < -0.4 is 5.73 Å². The summed E-state index contributed by atoms with van der Waals surface area (Å²) in [4.78, 5) is 13.5. The lowest BCUT2D eigenvalue weighted by atomic mass is 10.1. The summed E-state index contributed by atoms with van der Waals surface area (Å²) in [7, 11) is 0. The average Bonchev–Trinajstić information content (AvgIpc) is 2.69. The monoisotopic (exact) mass is 308 g/mol. The van der Waals surface area contributed by atoms with E-state index in [4.69, 9.17) is 5.73 Å². The minimum absolute atomic E-state index is 0. The highest BCUT2D eigenvalue weighted by molar-refractivity contribution is 5.95. The number of hydrogen-bond donors (Lipinski definition) is 1. The summed E-state index contributed by atoms with van der Waals surface area (Å²) in [5.74, 6) is -4.01. The van der Waals surface area contributed by atoms with E-state index >= 15 is 0 Å². The molecule has 1 fully saturated rings. The van der Waals surface area contributed by atoms with Crippen LogP contribution in [0.5, 0.6) is 0 Å². The van der Waals surface area contributed by atoms with E-state index < -0.39 is 28.9 Å². The van der Waals surface area contributed by atoms with Crippen LogP contribution in [0.15, 0.2) is 12.1 Å². The molecule has 1 heterocycles. The van der Waals surface area contributed by atoms with Gasteiger partial charge in [-0.1, -0.05) is 0 Å². The summed E-state index contributed by atoms with van der Waals surface area (Å²) < 4.78 is 40.0. The number of rotatable bonds is 2. The maximum atomic E-state index is 13.6. The lowest BCUT2D eigenvalue weighted by Crippen LogP contribution is -2.35. The molecule has 0 spiro atoms. The Morgan fingerprint density at radius 1 is 1.35 bits per heavy atom. The predicted molar refractivity (Wildman–Crippen MR) is 71.2 cm³/mol. The van der Waals surface area contributed by atoms with E-state index in [9.17, 15) is 18.0 Å². The summed E-state index contributed by atoms with van der Waals surface area (Å²) >= 11 is 0. The summed E-state index contributed by atoms with van der Waals surface area (Å²) in [6.07, 6.45) is 0.701. The number of amides is 1. The van der Waals surface area contributed by atoms with Crippen LogP contribution in [-0.2, 0) is 0 Å². The van der Waals surface area contributed by atoms with Crippen LogP contribution in [0.2, 0.25) is 0 Å². The zero-order valence-corrected chi connectivity index (χ0v) is 11.7. The Morgan fingerprint density at radius 2 is 1.90 bits per heavy atom. The normalized spacial score (nSPS) is 21.8. The fourth-order valence-electron chi connectivity index (χ4n) is 2.49. The Bertz CT molecular complexity index is 489. The van der Waals surface area contributed by atoms with Gasteiger partial charge in [0, 0.05) is 24.7 Å². The van der Waals surface area contributed by atoms with Gasteiger partial charge in [0.15, 0.2) is 0 Å². The minimum atomic E-state index is -1.18. The Labute approximate surface area is 121 Å². The summed E-state index contributed by atoms with van der Waals surface area (Å²) in [6.45, 7) is 2.59. The summed E-state index contributed by atoms with van der Waals surface area (Å²) in [6, 6.07) is 0.888. The van der Waals surface area contributed by atoms with Crippen molar-refractivity contribution in [3.63, 3.8) is 0 Å². The number of carbonyl (C=O) groups is 1. The van der Waals surface area contributed by atoms with Crippen LogP contribution >= 0.6 is 12.4 Å². The molecule has 1 saturated heterocycles. The molecule has 2 rings (SSSR count). The van der Waals surface area contributed by atoms with E-state index in [1.807, 2.05) is 0 Å². The van der Waals surface area contributed by atoms with Crippen LogP contribution in [0.1, 0.15) is 23.7 Å². The standard InChI is InChI=1S/C13H15F3N2O.ClH/c1-7-2-8(5-17)6-18(7)13(19)12-10(15)3-9(14)4-11(12)16;/h3-4,7-8H,2,5-6,17H2,1H3;1H. The lowest BCUT2D eigenvalue weighted by Gasteiger charge is -2.22. The smallest absolute Gasteiger partial charge is 0.260 e. The fraction of sp³-hybridized carbons (Fsp3) is 0.462. The molecule has 20 heavy (non-hydrogen) atoms. The number of nitrogens with zero attached hydrogens (tertiary/aromatic N) is 1. The first-order valence-electron chi connectivity index (χ1n) is 6.09. The van der Waals surface area contributed by atoms with Crippen LogP contribution in [-0.4, -0.2) is 29.9 Å². The van der Waals surface area contributed by atoms with Crippen LogP contribution in [0.4, 0.5) is 13.2 Å². The van der Waals surface area contributed by atoms with Gasteiger partial charge in [-0.05, 0) is 25.8 Å². The van der Waals surface area contributed by atoms with Gasteiger partial charge in [0.2, 0.25) is 0 Å². The maximum Gasteiger partial charge on any atom is 0.260 e. The molecule has 3 nitrogen and oxygen atoms in total. The maximum absolute atomic E-state index is 13.6. The quantitative estimate of drug-likeness (QED) is 0.911. The molecule has 1 aliphatic rings. The first-order chi connectivity index (χ1) is 8.93. The largest absolute Gasteiger partial charge is 0.335 e. The van der Waals surface area contributed by atoms with Gasteiger partial charge in [-0.25, -0.2) is 13.2 Å².